The Morgan fingerprint density at radius 3 is 2.59 bits per heavy atom. The van der Waals surface area contributed by atoms with Crippen LogP contribution in [-0.2, 0) is 0 Å². The topological polar surface area (TPSA) is 94.0 Å². The van der Waals surface area contributed by atoms with E-state index in [1.807, 2.05) is 0 Å². The van der Waals surface area contributed by atoms with Crippen molar-refractivity contribution in [2.75, 3.05) is 18.4 Å². The van der Waals surface area contributed by atoms with Gasteiger partial charge in [0, 0.05) is 37.1 Å². The van der Waals surface area contributed by atoms with Crippen molar-refractivity contribution in [2.45, 2.75) is 13.3 Å². The second-order valence-corrected chi connectivity index (χ2v) is 5.86. The lowest BCUT2D eigenvalue weighted by molar-refractivity contribution is -0.274. The van der Waals surface area contributed by atoms with E-state index >= 15 is 0 Å². The van der Waals surface area contributed by atoms with E-state index in [9.17, 15) is 18.0 Å². The van der Waals surface area contributed by atoms with Gasteiger partial charge in [0.15, 0.2) is 5.82 Å². The molecule has 152 valence electrons. The molecule has 0 spiro atoms. The van der Waals surface area contributed by atoms with Gasteiger partial charge in [-0.1, -0.05) is 0 Å². The molecule has 29 heavy (non-hydrogen) atoms. The lowest BCUT2D eigenvalue weighted by atomic mass is 10.2. The quantitative estimate of drug-likeness (QED) is 0.586. The van der Waals surface area contributed by atoms with E-state index < -0.39 is 12.3 Å². The molecule has 0 atom stereocenters. The Morgan fingerprint density at radius 1 is 1.17 bits per heavy atom. The number of ether oxygens (including phenoxy) is 1. The van der Waals surface area contributed by atoms with Crippen LogP contribution in [-0.4, -0.2) is 45.1 Å². The van der Waals surface area contributed by atoms with Crippen molar-refractivity contribution in [2.24, 2.45) is 0 Å². The van der Waals surface area contributed by atoms with Crippen molar-refractivity contribution in [3.63, 3.8) is 0 Å². The molecule has 8 nitrogen and oxygen atoms in total. The molecule has 0 saturated carbocycles. The molecule has 0 bridgehead atoms. The SMILES string of the molecule is Cc1nc(NCCNC(=O)c2ccc(OC(F)(F)F)cc2)cc(-n2cccn2)n1. The standard InChI is InChI=1S/C18H17F3N6O2/c1-12-25-15(11-16(26-12)27-10-2-7-24-27)22-8-9-23-17(28)13-3-5-14(6-4-13)29-18(19,20)21/h2-7,10-11H,8-9H2,1H3,(H,23,28)(H,22,25,26). The predicted octanol–water partition coefficient (Wildman–Crippen LogP) is 2.71. The fourth-order valence-electron chi connectivity index (χ4n) is 2.44. The van der Waals surface area contributed by atoms with Crippen LogP contribution in [0.4, 0.5) is 19.0 Å². The highest BCUT2D eigenvalue weighted by Gasteiger charge is 2.31. The van der Waals surface area contributed by atoms with Gasteiger partial charge in [-0.15, -0.1) is 13.2 Å². The zero-order valence-electron chi connectivity index (χ0n) is 15.3. The molecule has 2 N–H and O–H groups in total. The molecule has 11 heteroatoms. The summed E-state index contributed by atoms with van der Waals surface area (Å²) in [7, 11) is 0. The second kappa shape index (κ2) is 8.59. The summed E-state index contributed by atoms with van der Waals surface area (Å²) in [5, 5.41) is 9.86. The van der Waals surface area contributed by atoms with Crippen LogP contribution in [0.15, 0.2) is 48.8 Å². The Kier molecular flexibility index (Phi) is 5.96. The summed E-state index contributed by atoms with van der Waals surface area (Å²) < 4.78 is 41.8. The normalized spacial score (nSPS) is 11.2. The first-order valence-corrected chi connectivity index (χ1v) is 8.54. The summed E-state index contributed by atoms with van der Waals surface area (Å²) in [4.78, 5) is 20.7. The van der Waals surface area contributed by atoms with E-state index in [0.29, 0.717) is 24.0 Å². The number of carbonyl (C=O) groups excluding carboxylic acids is 1. The number of hydrogen-bond acceptors (Lipinski definition) is 6. The average molecular weight is 406 g/mol. The molecule has 2 heterocycles. The number of anilines is 1. The minimum absolute atomic E-state index is 0.221. The van der Waals surface area contributed by atoms with Crippen molar-refractivity contribution in [1.82, 2.24) is 25.1 Å². The zero-order valence-corrected chi connectivity index (χ0v) is 15.3. The van der Waals surface area contributed by atoms with Crippen LogP contribution in [0.2, 0.25) is 0 Å². The summed E-state index contributed by atoms with van der Waals surface area (Å²) in [6, 6.07) is 8.19. The van der Waals surface area contributed by atoms with Gasteiger partial charge in [-0.25, -0.2) is 14.6 Å². The van der Waals surface area contributed by atoms with Crippen LogP contribution < -0.4 is 15.4 Å². The Balaban J connectivity index is 1.50. The van der Waals surface area contributed by atoms with Crippen LogP contribution >= 0.6 is 0 Å². The summed E-state index contributed by atoms with van der Waals surface area (Å²) in [5.41, 5.74) is 0.221. The van der Waals surface area contributed by atoms with E-state index in [0.717, 1.165) is 12.1 Å². The maximum absolute atomic E-state index is 12.2. The van der Waals surface area contributed by atoms with Crippen molar-refractivity contribution >= 4 is 11.7 Å². The average Bonchev–Trinajstić information content (AvgIpc) is 3.19. The minimum atomic E-state index is -4.77. The molecule has 3 rings (SSSR count). The van der Waals surface area contributed by atoms with Crippen molar-refractivity contribution in [3.8, 4) is 11.6 Å². The molecular weight excluding hydrogens is 389 g/mol. The van der Waals surface area contributed by atoms with Gasteiger partial charge in [0.25, 0.3) is 5.91 Å². The van der Waals surface area contributed by atoms with E-state index in [1.165, 1.54) is 12.1 Å². The molecule has 1 aromatic carbocycles. The number of hydrogen-bond donors (Lipinski definition) is 2. The van der Waals surface area contributed by atoms with Crippen LogP contribution in [0.25, 0.3) is 5.82 Å². The van der Waals surface area contributed by atoms with E-state index in [4.69, 9.17) is 0 Å². The highest BCUT2D eigenvalue weighted by molar-refractivity contribution is 5.94. The number of benzene rings is 1. The number of aryl methyl sites for hydroxylation is 1. The Hall–Kier alpha value is -3.63. The fourth-order valence-corrected chi connectivity index (χ4v) is 2.44. The van der Waals surface area contributed by atoms with Crippen LogP contribution in [0.1, 0.15) is 16.2 Å². The highest BCUT2D eigenvalue weighted by atomic mass is 19.4. The number of aromatic nitrogens is 4. The number of alkyl halides is 3. The van der Waals surface area contributed by atoms with Gasteiger partial charge in [0.1, 0.15) is 17.4 Å². The molecule has 0 aliphatic rings. The molecule has 0 aliphatic heterocycles. The zero-order chi connectivity index (χ0) is 20.9. The summed E-state index contributed by atoms with van der Waals surface area (Å²) in [5.74, 6) is 0.941. The maximum Gasteiger partial charge on any atom is 0.573 e. The van der Waals surface area contributed by atoms with Gasteiger partial charge in [-0.2, -0.15) is 5.10 Å². The number of nitrogens with one attached hydrogen (secondary N) is 2. The highest BCUT2D eigenvalue weighted by Crippen LogP contribution is 2.22. The lowest BCUT2D eigenvalue weighted by Crippen LogP contribution is -2.29. The smallest absolute Gasteiger partial charge is 0.406 e. The number of amides is 1. The first-order valence-electron chi connectivity index (χ1n) is 8.54. The molecule has 3 aromatic rings. The van der Waals surface area contributed by atoms with Gasteiger partial charge in [-0.05, 0) is 37.3 Å². The summed E-state index contributed by atoms with van der Waals surface area (Å²) in [6.45, 7) is 2.42. The Morgan fingerprint density at radius 2 is 1.93 bits per heavy atom. The van der Waals surface area contributed by atoms with E-state index in [2.05, 4.69) is 30.4 Å². The number of rotatable bonds is 7. The predicted molar refractivity (Wildman–Crippen MR) is 97.8 cm³/mol. The van der Waals surface area contributed by atoms with E-state index in [1.54, 1.807) is 36.1 Å². The number of nitrogens with zero attached hydrogens (tertiary/aromatic N) is 4. The minimum Gasteiger partial charge on any atom is -0.406 e. The molecule has 0 radical (unpaired) electrons. The largest absolute Gasteiger partial charge is 0.573 e. The van der Waals surface area contributed by atoms with E-state index in [-0.39, 0.29) is 17.9 Å². The first kappa shape index (κ1) is 20.1. The van der Waals surface area contributed by atoms with Gasteiger partial charge < -0.3 is 15.4 Å². The van der Waals surface area contributed by atoms with Gasteiger partial charge >= 0.3 is 6.36 Å². The van der Waals surface area contributed by atoms with Crippen molar-refractivity contribution in [1.29, 1.82) is 0 Å². The maximum atomic E-state index is 12.2. The lowest BCUT2D eigenvalue weighted by Gasteiger charge is -2.11. The third-order valence-corrected chi connectivity index (χ3v) is 3.63. The first-order chi connectivity index (χ1) is 13.8. The monoisotopic (exact) mass is 406 g/mol. The van der Waals surface area contributed by atoms with Crippen LogP contribution in [0.3, 0.4) is 0 Å². The molecule has 0 aliphatic carbocycles. The van der Waals surface area contributed by atoms with Crippen molar-refractivity contribution in [3.05, 3.63) is 60.2 Å². The second-order valence-electron chi connectivity index (χ2n) is 5.86. The molecule has 0 fully saturated rings. The summed E-state index contributed by atoms with van der Waals surface area (Å²) in [6.07, 6.45) is -1.37. The molecule has 0 unspecified atom stereocenters. The third-order valence-electron chi connectivity index (χ3n) is 3.63. The molecular formula is C18H17F3N6O2. The molecule has 1 amide bonds. The molecule has 0 saturated heterocycles. The van der Waals surface area contributed by atoms with Crippen molar-refractivity contribution < 1.29 is 22.7 Å². The van der Waals surface area contributed by atoms with Gasteiger partial charge in [-0.3, -0.25) is 4.79 Å². The van der Waals surface area contributed by atoms with Crippen LogP contribution in [0.5, 0.6) is 5.75 Å². The fraction of sp³-hybridized carbons (Fsp3) is 0.222. The molecule has 2 aromatic heterocycles. The Labute approximate surface area is 163 Å². The number of carbonyl (C=O) groups is 1. The van der Waals surface area contributed by atoms with Crippen LogP contribution in [0, 0.1) is 6.92 Å². The number of halogens is 3. The van der Waals surface area contributed by atoms with Gasteiger partial charge in [0.2, 0.25) is 0 Å². The third kappa shape index (κ3) is 5.92. The van der Waals surface area contributed by atoms with Gasteiger partial charge in [0.05, 0.1) is 0 Å². The summed E-state index contributed by atoms with van der Waals surface area (Å²) >= 11 is 0. The Bertz CT molecular complexity index is 959.